The summed E-state index contributed by atoms with van der Waals surface area (Å²) < 4.78 is 0. The first-order chi connectivity index (χ1) is 7.43. The summed E-state index contributed by atoms with van der Waals surface area (Å²) in [5.41, 5.74) is 0. The van der Waals surface area contributed by atoms with Gasteiger partial charge in [-0.25, -0.2) is 9.59 Å². The summed E-state index contributed by atoms with van der Waals surface area (Å²) in [6.07, 6.45) is 1.32. The molecule has 1 rings (SSSR count). The first kappa shape index (κ1) is 12.8. The van der Waals surface area contributed by atoms with Crippen LogP contribution < -0.4 is 5.32 Å². The number of carbonyl (C=O) groups is 2. The number of hydrogen-bond donors (Lipinski definition) is 2. The van der Waals surface area contributed by atoms with Crippen LogP contribution in [0.15, 0.2) is 0 Å². The van der Waals surface area contributed by atoms with Crippen LogP contribution in [0.3, 0.4) is 0 Å². The van der Waals surface area contributed by atoms with Crippen molar-refractivity contribution in [3.05, 3.63) is 0 Å². The minimum absolute atomic E-state index is 0.0579. The minimum Gasteiger partial charge on any atom is -0.480 e. The number of carboxylic acids is 1. The third kappa shape index (κ3) is 2.87. The molecule has 1 aliphatic heterocycles. The molecule has 1 aliphatic rings. The van der Waals surface area contributed by atoms with E-state index in [9.17, 15) is 9.59 Å². The number of nitrogens with zero attached hydrogens (tertiary/aromatic N) is 1. The van der Waals surface area contributed by atoms with Gasteiger partial charge in [-0.3, -0.25) is 0 Å². The Labute approximate surface area is 95.8 Å². The van der Waals surface area contributed by atoms with Crippen molar-refractivity contribution in [2.75, 3.05) is 6.54 Å². The lowest BCUT2D eigenvalue weighted by Gasteiger charge is -2.25. The van der Waals surface area contributed by atoms with Gasteiger partial charge in [0.25, 0.3) is 0 Å². The van der Waals surface area contributed by atoms with Crippen LogP contribution in [0.1, 0.15) is 33.6 Å². The molecule has 5 heteroatoms. The molecule has 0 aliphatic carbocycles. The van der Waals surface area contributed by atoms with E-state index < -0.39 is 12.0 Å². The van der Waals surface area contributed by atoms with E-state index in [2.05, 4.69) is 5.32 Å². The number of urea groups is 1. The zero-order valence-electron chi connectivity index (χ0n) is 10.1. The van der Waals surface area contributed by atoms with Gasteiger partial charge in [0.15, 0.2) is 0 Å². The highest BCUT2D eigenvalue weighted by molar-refractivity contribution is 5.83. The molecule has 0 bridgehead atoms. The predicted octanol–water partition coefficient (Wildman–Crippen LogP) is 1.29. The highest BCUT2D eigenvalue weighted by atomic mass is 16.4. The maximum atomic E-state index is 11.8. The van der Waals surface area contributed by atoms with Crippen molar-refractivity contribution in [1.29, 1.82) is 0 Å². The van der Waals surface area contributed by atoms with Crippen molar-refractivity contribution in [2.24, 2.45) is 5.92 Å². The van der Waals surface area contributed by atoms with E-state index in [1.54, 1.807) is 0 Å². The number of likely N-dealkylation sites (tertiary alicyclic amines) is 1. The molecule has 1 heterocycles. The molecule has 0 aromatic heterocycles. The van der Waals surface area contributed by atoms with Crippen molar-refractivity contribution < 1.29 is 14.7 Å². The van der Waals surface area contributed by atoms with E-state index in [1.807, 2.05) is 20.8 Å². The van der Waals surface area contributed by atoms with Gasteiger partial charge in [0.1, 0.15) is 6.04 Å². The lowest BCUT2D eigenvalue weighted by Crippen LogP contribution is -2.49. The fourth-order valence-electron chi connectivity index (χ4n) is 1.71. The number of nitrogens with one attached hydrogen (secondary N) is 1. The van der Waals surface area contributed by atoms with Crippen LogP contribution in [0.2, 0.25) is 0 Å². The summed E-state index contributed by atoms with van der Waals surface area (Å²) in [4.78, 5) is 24.2. The molecule has 0 radical (unpaired) electrons. The normalized spacial score (nSPS) is 22.2. The van der Waals surface area contributed by atoms with Gasteiger partial charge in [-0.05, 0) is 25.7 Å². The van der Waals surface area contributed by atoms with Crippen LogP contribution in [0, 0.1) is 5.92 Å². The Bertz CT molecular complexity index is 278. The lowest BCUT2D eigenvalue weighted by molar-refractivity contribution is -0.141. The molecule has 5 nitrogen and oxygen atoms in total. The molecule has 0 spiro atoms. The summed E-state index contributed by atoms with van der Waals surface area (Å²) in [7, 11) is 0. The van der Waals surface area contributed by atoms with Crippen LogP contribution in [-0.2, 0) is 4.79 Å². The van der Waals surface area contributed by atoms with Crippen molar-refractivity contribution in [3.8, 4) is 0 Å². The molecule has 0 aromatic carbocycles. The second kappa shape index (κ2) is 5.18. The number of carboxylic acid groups (broad SMARTS) is 1. The molecule has 0 aromatic rings. The summed E-state index contributed by atoms with van der Waals surface area (Å²) in [5.74, 6) is -0.570. The smallest absolute Gasteiger partial charge is 0.326 e. The number of hydrogen-bond acceptors (Lipinski definition) is 2. The maximum absolute atomic E-state index is 11.8. The molecule has 1 saturated heterocycles. The highest BCUT2D eigenvalue weighted by Gasteiger charge is 2.34. The van der Waals surface area contributed by atoms with Gasteiger partial charge >= 0.3 is 12.0 Å². The van der Waals surface area contributed by atoms with Gasteiger partial charge in [0.2, 0.25) is 0 Å². The predicted molar refractivity (Wildman–Crippen MR) is 60.2 cm³/mol. The van der Waals surface area contributed by atoms with Gasteiger partial charge in [0.05, 0.1) is 0 Å². The van der Waals surface area contributed by atoms with Crippen molar-refractivity contribution >= 4 is 12.0 Å². The molecule has 2 unspecified atom stereocenters. The fraction of sp³-hybridized carbons (Fsp3) is 0.818. The fourth-order valence-corrected chi connectivity index (χ4v) is 1.71. The molecule has 92 valence electrons. The van der Waals surface area contributed by atoms with Crippen molar-refractivity contribution in [3.63, 3.8) is 0 Å². The van der Waals surface area contributed by atoms with Crippen LogP contribution in [-0.4, -0.2) is 40.6 Å². The molecule has 2 N–H and O–H groups in total. The maximum Gasteiger partial charge on any atom is 0.326 e. The third-order valence-corrected chi connectivity index (χ3v) is 3.15. The van der Waals surface area contributed by atoms with Gasteiger partial charge in [-0.15, -0.1) is 0 Å². The minimum atomic E-state index is -0.912. The second-order valence-electron chi connectivity index (χ2n) is 4.67. The Morgan fingerprint density at radius 2 is 2.00 bits per heavy atom. The molecule has 1 fully saturated rings. The van der Waals surface area contributed by atoms with Gasteiger partial charge in [0, 0.05) is 12.6 Å². The van der Waals surface area contributed by atoms with Crippen LogP contribution in [0.5, 0.6) is 0 Å². The Morgan fingerprint density at radius 3 is 2.50 bits per heavy atom. The summed E-state index contributed by atoms with van der Waals surface area (Å²) in [6.45, 7) is 6.50. The van der Waals surface area contributed by atoms with Crippen LogP contribution >= 0.6 is 0 Å². The van der Waals surface area contributed by atoms with Crippen molar-refractivity contribution in [2.45, 2.75) is 45.7 Å². The van der Waals surface area contributed by atoms with E-state index in [4.69, 9.17) is 5.11 Å². The summed E-state index contributed by atoms with van der Waals surface area (Å²) in [6, 6.07) is -0.854. The number of amides is 2. The van der Waals surface area contributed by atoms with E-state index in [0.29, 0.717) is 18.9 Å². The van der Waals surface area contributed by atoms with Gasteiger partial charge < -0.3 is 15.3 Å². The highest BCUT2D eigenvalue weighted by Crippen LogP contribution is 2.17. The molecule has 2 atom stereocenters. The average molecular weight is 228 g/mol. The Hall–Kier alpha value is -1.26. The Morgan fingerprint density at radius 1 is 1.38 bits per heavy atom. The Balaban J connectivity index is 2.56. The number of aliphatic carboxylic acids is 1. The zero-order valence-corrected chi connectivity index (χ0v) is 10.1. The van der Waals surface area contributed by atoms with Gasteiger partial charge in [-0.1, -0.05) is 13.8 Å². The first-order valence-electron chi connectivity index (χ1n) is 5.73. The molecule has 2 amide bonds. The zero-order chi connectivity index (χ0) is 12.3. The summed E-state index contributed by atoms with van der Waals surface area (Å²) in [5, 5.41) is 11.8. The molecule has 16 heavy (non-hydrogen) atoms. The van der Waals surface area contributed by atoms with Crippen LogP contribution in [0.4, 0.5) is 4.79 Å². The largest absolute Gasteiger partial charge is 0.480 e. The molecule has 0 saturated carbocycles. The third-order valence-electron chi connectivity index (χ3n) is 3.15. The molecular formula is C11H20N2O3. The van der Waals surface area contributed by atoms with Crippen LogP contribution in [0.25, 0.3) is 0 Å². The SMILES string of the molecule is CC(C)C(C)NC(=O)N1CCCC1C(=O)O. The van der Waals surface area contributed by atoms with Crippen molar-refractivity contribution in [1.82, 2.24) is 10.2 Å². The van der Waals surface area contributed by atoms with E-state index >= 15 is 0 Å². The standard InChI is InChI=1S/C11H20N2O3/c1-7(2)8(3)12-11(16)13-6-4-5-9(13)10(14)15/h7-9H,4-6H2,1-3H3,(H,12,16)(H,14,15). The number of rotatable bonds is 3. The van der Waals surface area contributed by atoms with E-state index in [0.717, 1.165) is 6.42 Å². The quantitative estimate of drug-likeness (QED) is 0.764. The Kier molecular flexibility index (Phi) is 4.15. The second-order valence-corrected chi connectivity index (χ2v) is 4.67. The monoisotopic (exact) mass is 228 g/mol. The van der Waals surface area contributed by atoms with E-state index in [-0.39, 0.29) is 12.1 Å². The average Bonchev–Trinajstić information content (AvgIpc) is 2.65. The number of carbonyl (C=O) groups excluding carboxylic acids is 1. The summed E-state index contributed by atoms with van der Waals surface area (Å²) >= 11 is 0. The van der Waals surface area contributed by atoms with Gasteiger partial charge in [-0.2, -0.15) is 0 Å². The topological polar surface area (TPSA) is 69.6 Å². The first-order valence-corrected chi connectivity index (χ1v) is 5.73. The lowest BCUT2D eigenvalue weighted by atomic mass is 10.1. The van der Waals surface area contributed by atoms with E-state index in [1.165, 1.54) is 4.90 Å². The molecular weight excluding hydrogens is 208 g/mol.